The molecule has 0 saturated heterocycles. The van der Waals surface area contributed by atoms with Crippen LogP contribution in [0.2, 0.25) is 15.1 Å². The third kappa shape index (κ3) is 4.17. The maximum Gasteiger partial charge on any atom is 0.437 e. The third-order valence-corrected chi connectivity index (χ3v) is 6.29. The van der Waals surface area contributed by atoms with Gasteiger partial charge in [-0.15, -0.1) is 0 Å². The van der Waals surface area contributed by atoms with Crippen molar-refractivity contribution in [2.75, 3.05) is 24.9 Å². The molecule has 26 heavy (non-hydrogen) atoms. The van der Waals surface area contributed by atoms with E-state index in [4.69, 9.17) is 48.3 Å². The van der Waals surface area contributed by atoms with E-state index in [2.05, 4.69) is 4.98 Å². The number of oxazole rings is 1. The summed E-state index contributed by atoms with van der Waals surface area (Å²) in [5.41, 5.74) is 0.178. The van der Waals surface area contributed by atoms with Gasteiger partial charge < -0.3 is 4.42 Å². The van der Waals surface area contributed by atoms with Gasteiger partial charge in [-0.1, -0.05) is 34.8 Å². The van der Waals surface area contributed by atoms with Gasteiger partial charge in [-0.05, 0) is 26.0 Å². The highest BCUT2D eigenvalue weighted by atomic mass is 35.5. The molecule has 0 aliphatic heterocycles. The lowest BCUT2D eigenvalue weighted by atomic mass is 10.2. The van der Waals surface area contributed by atoms with Crippen molar-refractivity contribution in [3.63, 3.8) is 0 Å². The van der Waals surface area contributed by atoms with E-state index in [0.717, 1.165) is 4.67 Å². The molecule has 0 saturated carbocycles. The topological polar surface area (TPSA) is 88.6 Å². The van der Waals surface area contributed by atoms with Crippen molar-refractivity contribution in [1.82, 2.24) is 4.98 Å². The molecule has 0 N–H and O–H groups in total. The molecular weight excluding hydrogens is 424 g/mol. The monoisotopic (exact) mass is 437 g/mol. The standard InChI is InChI=1S/C15H15Cl3N3O4P/c1-4-23-26(22,24-5-2)21(3)15-12(8-19)20-14(25-15)10-6-9(16)7-11(17)13(10)18/h6-7H,4-5H2,1-3H3. The Morgan fingerprint density at radius 3 is 2.42 bits per heavy atom. The van der Waals surface area contributed by atoms with Crippen molar-refractivity contribution in [2.24, 2.45) is 0 Å². The van der Waals surface area contributed by atoms with Gasteiger partial charge >= 0.3 is 7.75 Å². The summed E-state index contributed by atoms with van der Waals surface area (Å²) in [6.07, 6.45) is 0. The summed E-state index contributed by atoms with van der Waals surface area (Å²) in [4.78, 5) is 4.09. The maximum absolute atomic E-state index is 12.9. The summed E-state index contributed by atoms with van der Waals surface area (Å²) in [6.45, 7) is 3.62. The van der Waals surface area contributed by atoms with Crippen LogP contribution in [0, 0.1) is 11.3 Å². The second-order valence-corrected chi connectivity index (χ2v) is 8.14. The van der Waals surface area contributed by atoms with Crippen molar-refractivity contribution in [2.45, 2.75) is 13.8 Å². The molecule has 0 amide bonds. The highest BCUT2D eigenvalue weighted by Crippen LogP contribution is 2.54. The fraction of sp³-hybridized carbons (Fsp3) is 0.333. The van der Waals surface area contributed by atoms with Crippen LogP contribution in [0.4, 0.5) is 5.88 Å². The number of rotatable bonds is 7. The first kappa shape index (κ1) is 21.0. The number of nitrogens with zero attached hydrogens (tertiary/aromatic N) is 3. The Balaban J connectivity index is 2.57. The van der Waals surface area contributed by atoms with E-state index >= 15 is 0 Å². The van der Waals surface area contributed by atoms with E-state index in [-0.39, 0.29) is 40.7 Å². The van der Waals surface area contributed by atoms with Crippen molar-refractivity contribution in [1.29, 1.82) is 5.26 Å². The zero-order chi connectivity index (χ0) is 19.5. The molecule has 1 aromatic heterocycles. The molecule has 0 bridgehead atoms. The van der Waals surface area contributed by atoms with E-state index in [0.29, 0.717) is 10.6 Å². The van der Waals surface area contributed by atoms with Crippen molar-refractivity contribution < 1.29 is 18.0 Å². The first-order chi connectivity index (χ1) is 12.3. The molecule has 0 unspecified atom stereocenters. The molecule has 0 aliphatic carbocycles. The minimum absolute atomic E-state index is 0.00246. The summed E-state index contributed by atoms with van der Waals surface area (Å²) in [5.74, 6) is -0.0859. The van der Waals surface area contributed by atoms with Crippen LogP contribution in [0.15, 0.2) is 16.5 Å². The van der Waals surface area contributed by atoms with E-state index in [1.807, 2.05) is 6.07 Å². The highest BCUT2D eigenvalue weighted by Gasteiger charge is 2.35. The molecule has 140 valence electrons. The lowest BCUT2D eigenvalue weighted by Crippen LogP contribution is -2.18. The van der Waals surface area contributed by atoms with Gasteiger partial charge in [0.25, 0.3) is 0 Å². The zero-order valence-corrected chi connectivity index (χ0v) is 17.3. The smallest absolute Gasteiger partial charge is 0.418 e. The second-order valence-electron chi connectivity index (χ2n) is 4.86. The van der Waals surface area contributed by atoms with E-state index in [1.165, 1.54) is 19.2 Å². The molecule has 7 nitrogen and oxygen atoms in total. The van der Waals surface area contributed by atoms with Gasteiger partial charge in [0, 0.05) is 12.1 Å². The average Bonchev–Trinajstić information content (AvgIpc) is 3.01. The summed E-state index contributed by atoms with van der Waals surface area (Å²) >= 11 is 18.2. The Morgan fingerprint density at radius 2 is 1.88 bits per heavy atom. The van der Waals surface area contributed by atoms with Gasteiger partial charge in [0.05, 0.1) is 28.8 Å². The van der Waals surface area contributed by atoms with Crippen molar-refractivity contribution in [3.8, 4) is 17.5 Å². The van der Waals surface area contributed by atoms with Crippen molar-refractivity contribution in [3.05, 3.63) is 32.9 Å². The predicted octanol–water partition coefficient (Wildman–Crippen LogP) is 5.79. The molecule has 1 heterocycles. The van der Waals surface area contributed by atoms with Crippen LogP contribution in [0.25, 0.3) is 11.5 Å². The number of anilines is 1. The van der Waals surface area contributed by atoms with E-state index in [9.17, 15) is 9.83 Å². The number of aromatic nitrogens is 1. The quantitative estimate of drug-likeness (QED) is 0.399. The molecule has 2 rings (SSSR count). The fourth-order valence-electron chi connectivity index (χ4n) is 2.08. The van der Waals surface area contributed by atoms with E-state index < -0.39 is 7.75 Å². The molecule has 0 radical (unpaired) electrons. The van der Waals surface area contributed by atoms with Crippen LogP contribution in [0.5, 0.6) is 0 Å². The van der Waals surface area contributed by atoms with Crippen LogP contribution in [-0.4, -0.2) is 25.2 Å². The van der Waals surface area contributed by atoms with Crippen LogP contribution in [-0.2, 0) is 13.6 Å². The third-order valence-electron chi connectivity index (χ3n) is 3.18. The molecule has 11 heteroatoms. The minimum Gasteiger partial charge on any atom is -0.418 e. The Kier molecular flexibility index (Phi) is 6.98. The Bertz CT molecular complexity index is 887. The predicted molar refractivity (Wildman–Crippen MR) is 101 cm³/mol. The van der Waals surface area contributed by atoms with E-state index in [1.54, 1.807) is 13.8 Å². The van der Waals surface area contributed by atoms with Gasteiger partial charge in [0.2, 0.25) is 17.5 Å². The summed E-state index contributed by atoms with van der Waals surface area (Å²) in [6, 6.07) is 4.85. The average molecular weight is 439 g/mol. The number of hydrogen-bond donors (Lipinski definition) is 0. The van der Waals surface area contributed by atoms with Crippen LogP contribution in [0.3, 0.4) is 0 Å². The molecule has 2 aromatic rings. The maximum atomic E-state index is 12.9. The van der Waals surface area contributed by atoms with Gasteiger partial charge in [-0.2, -0.15) is 10.2 Å². The lowest BCUT2D eigenvalue weighted by Gasteiger charge is -2.25. The van der Waals surface area contributed by atoms with Crippen LogP contribution < -0.4 is 4.67 Å². The first-order valence-electron chi connectivity index (χ1n) is 7.46. The number of benzene rings is 1. The molecular formula is C15H15Cl3N3O4P. The Labute approximate surface area is 166 Å². The summed E-state index contributed by atoms with van der Waals surface area (Å²) in [7, 11) is -2.30. The molecule has 0 atom stereocenters. The largest absolute Gasteiger partial charge is 0.437 e. The fourth-order valence-corrected chi connectivity index (χ4v) is 4.19. The Morgan fingerprint density at radius 1 is 1.27 bits per heavy atom. The lowest BCUT2D eigenvalue weighted by molar-refractivity contribution is 0.218. The van der Waals surface area contributed by atoms with Gasteiger partial charge in [-0.25, -0.2) is 9.24 Å². The number of halogens is 3. The minimum atomic E-state index is -3.72. The van der Waals surface area contributed by atoms with Gasteiger partial charge in [0.15, 0.2) is 0 Å². The van der Waals surface area contributed by atoms with Crippen LogP contribution in [0.1, 0.15) is 19.5 Å². The number of nitriles is 1. The highest BCUT2D eigenvalue weighted by molar-refractivity contribution is 7.55. The molecule has 0 aliphatic rings. The SMILES string of the molecule is CCOP(=O)(OCC)N(C)c1oc(-c2cc(Cl)cc(Cl)c2Cl)nc1C#N. The summed E-state index contributed by atoms with van der Waals surface area (Å²) < 4.78 is 30.2. The normalized spacial score (nSPS) is 11.4. The van der Waals surface area contributed by atoms with Gasteiger partial charge in [0.1, 0.15) is 6.07 Å². The first-order valence-corrected chi connectivity index (χ1v) is 10.1. The molecule has 1 aromatic carbocycles. The molecule has 0 spiro atoms. The van der Waals surface area contributed by atoms with Gasteiger partial charge in [-0.3, -0.25) is 9.05 Å². The van der Waals surface area contributed by atoms with Crippen molar-refractivity contribution >= 4 is 48.4 Å². The second kappa shape index (κ2) is 8.62. The molecule has 0 fully saturated rings. The Hall–Kier alpha value is -1.26. The number of hydrogen-bond acceptors (Lipinski definition) is 6. The van der Waals surface area contributed by atoms with Crippen LogP contribution >= 0.6 is 42.5 Å². The zero-order valence-electron chi connectivity index (χ0n) is 14.1. The summed E-state index contributed by atoms with van der Waals surface area (Å²) in [5, 5.41) is 10.1.